The minimum atomic E-state index is -0.284. The Balaban J connectivity index is 2.33. The first-order valence-electron chi connectivity index (χ1n) is 4.94. The number of aryl methyl sites for hydroxylation is 1. The molecule has 5 nitrogen and oxygen atoms in total. The number of nitrogens with zero attached hydrogens (tertiary/aromatic N) is 3. The highest BCUT2D eigenvalue weighted by Crippen LogP contribution is 2.30. The van der Waals surface area contributed by atoms with Gasteiger partial charge in [0.2, 0.25) is 0 Å². The molecule has 2 rings (SSSR count). The van der Waals surface area contributed by atoms with E-state index in [-0.39, 0.29) is 18.2 Å². The van der Waals surface area contributed by atoms with Crippen LogP contribution in [0.4, 0.5) is 4.79 Å². The van der Waals surface area contributed by atoms with Gasteiger partial charge in [-0.25, -0.2) is 9.78 Å². The van der Waals surface area contributed by atoms with Crippen molar-refractivity contribution >= 4 is 6.09 Å². The maximum Gasteiger partial charge on any atom is 0.410 e. The Morgan fingerprint density at radius 3 is 2.53 bits per heavy atom. The van der Waals surface area contributed by atoms with Crippen LogP contribution in [0.15, 0.2) is 6.20 Å². The lowest BCUT2D eigenvalue weighted by Gasteiger charge is -2.16. The van der Waals surface area contributed by atoms with Gasteiger partial charge in [-0.1, -0.05) is 0 Å². The van der Waals surface area contributed by atoms with Crippen LogP contribution >= 0.6 is 0 Å². The first-order chi connectivity index (χ1) is 7.02. The van der Waals surface area contributed by atoms with Crippen LogP contribution in [0.25, 0.3) is 0 Å². The summed E-state index contributed by atoms with van der Waals surface area (Å²) in [7, 11) is 3.67. The predicted molar refractivity (Wildman–Crippen MR) is 54.4 cm³/mol. The summed E-state index contributed by atoms with van der Waals surface area (Å²) in [5.41, 5.74) is 1.06. The second-order valence-corrected chi connectivity index (χ2v) is 3.97. The van der Waals surface area contributed by atoms with Gasteiger partial charge in [0.25, 0.3) is 0 Å². The van der Waals surface area contributed by atoms with Crippen LogP contribution in [0.2, 0.25) is 0 Å². The number of aromatic nitrogens is 2. The van der Waals surface area contributed by atoms with E-state index < -0.39 is 0 Å². The van der Waals surface area contributed by atoms with Crippen molar-refractivity contribution in [3.05, 3.63) is 17.7 Å². The van der Waals surface area contributed by atoms with Crippen LogP contribution in [0.3, 0.4) is 0 Å². The van der Waals surface area contributed by atoms with E-state index in [4.69, 9.17) is 4.74 Å². The molecule has 1 aromatic heterocycles. The van der Waals surface area contributed by atoms with Gasteiger partial charge in [0.15, 0.2) is 11.9 Å². The van der Waals surface area contributed by atoms with E-state index in [1.54, 1.807) is 18.1 Å². The van der Waals surface area contributed by atoms with Gasteiger partial charge in [0.1, 0.15) is 0 Å². The number of likely N-dealkylation sites (N-methyl/N-ethyl adjacent to an activating group) is 1. The van der Waals surface area contributed by atoms with Crippen LogP contribution < -0.4 is 0 Å². The molecule has 1 amide bonds. The lowest BCUT2D eigenvalue weighted by Crippen LogP contribution is -2.28. The molecule has 0 radical (unpaired) electrons. The fraction of sp³-hybridized carbons (Fsp3) is 0.600. The summed E-state index contributed by atoms with van der Waals surface area (Å²) in [6.07, 6.45) is 1.24. The van der Waals surface area contributed by atoms with Crippen LogP contribution in [0.1, 0.15) is 24.5 Å². The average Bonchev–Trinajstić information content (AvgIpc) is 2.64. The number of rotatable bonds is 1. The van der Waals surface area contributed by atoms with Gasteiger partial charge in [0.05, 0.1) is 6.04 Å². The Kier molecular flexibility index (Phi) is 2.17. The number of hydrogen-bond donors (Lipinski definition) is 0. The number of hydrogen-bond acceptors (Lipinski definition) is 3. The molecule has 0 aromatic carbocycles. The lowest BCUT2D eigenvalue weighted by molar-refractivity contribution is 0.125. The van der Waals surface area contributed by atoms with E-state index in [1.807, 2.05) is 25.5 Å². The van der Waals surface area contributed by atoms with Gasteiger partial charge in [-0.3, -0.25) is 0 Å². The maximum atomic E-state index is 11.4. The molecule has 0 bridgehead atoms. The monoisotopic (exact) mass is 209 g/mol. The Hall–Kier alpha value is -1.52. The zero-order chi connectivity index (χ0) is 11.2. The van der Waals surface area contributed by atoms with E-state index in [9.17, 15) is 4.79 Å². The van der Waals surface area contributed by atoms with Crippen LogP contribution in [-0.4, -0.2) is 33.6 Å². The summed E-state index contributed by atoms with van der Waals surface area (Å²) >= 11 is 0. The van der Waals surface area contributed by atoms with Crippen LogP contribution in [0, 0.1) is 6.92 Å². The molecule has 0 N–H and O–H groups in total. The third-order valence-corrected chi connectivity index (χ3v) is 3.08. The van der Waals surface area contributed by atoms with Gasteiger partial charge < -0.3 is 14.2 Å². The molecule has 82 valence electrons. The largest absolute Gasteiger partial charge is 0.436 e. The molecule has 0 aliphatic carbocycles. The molecule has 1 aliphatic rings. The van der Waals surface area contributed by atoms with Gasteiger partial charge in [-0.2, -0.15) is 0 Å². The Morgan fingerprint density at radius 2 is 2.13 bits per heavy atom. The highest BCUT2D eigenvalue weighted by Gasteiger charge is 2.39. The van der Waals surface area contributed by atoms with Crippen LogP contribution in [-0.2, 0) is 11.8 Å². The topological polar surface area (TPSA) is 47.4 Å². The zero-order valence-electron chi connectivity index (χ0n) is 9.39. The van der Waals surface area contributed by atoms with Crippen molar-refractivity contribution in [3.63, 3.8) is 0 Å². The van der Waals surface area contributed by atoms with Crippen molar-refractivity contribution in [1.82, 2.24) is 14.5 Å². The number of carbonyl (C=O) groups is 1. The van der Waals surface area contributed by atoms with E-state index in [2.05, 4.69) is 4.98 Å². The molecule has 1 aliphatic heterocycles. The van der Waals surface area contributed by atoms with Crippen molar-refractivity contribution in [3.8, 4) is 0 Å². The minimum absolute atomic E-state index is 0.0259. The fourth-order valence-corrected chi connectivity index (χ4v) is 1.71. The molecule has 15 heavy (non-hydrogen) atoms. The molecule has 1 aromatic rings. The second-order valence-electron chi connectivity index (χ2n) is 3.97. The third-order valence-electron chi connectivity index (χ3n) is 3.08. The molecule has 1 saturated heterocycles. The number of amides is 1. The highest BCUT2D eigenvalue weighted by atomic mass is 16.6. The lowest BCUT2D eigenvalue weighted by atomic mass is 10.2. The summed E-state index contributed by atoms with van der Waals surface area (Å²) < 4.78 is 7.22. The molecule has 0 unspecified atom stereocenters. The van der Waals surface area contributed by atoms with Gasteiger partial charge in [-0.05, 0) is 13.8 Å². The van der Waals surface area contributed by atoms with Crippen molar-refractivity contribution in [2.24, 2.45) is 7.05 Å². The second kappa shape index (κ2) is 3.25. The van der Waals surface area contributed by atoms with E-state index in [0.717, 1.165) is 11.5 Å². The van der Waals surface area contributed by atoms with Gasteiger partial charge in [0, 0.05) is 26.0 Å². The number of carbonyl (C=O) groups excluding carboxylic acids is 1. The third kappa shape index (κ3) is 1.38. The van der Waals surface area contributed by atoms with Crippen molar-refractivity contribution < 1.29 is 9.53 Å². The standard InChI is InChI=1S/C10H15N3O2/c1-6-5-11-9(12(6)3)8-7(2)13(4)10(14)15-8/h5,7-8H,1-4H3/t7-,8-/m0/s1. The first kappa shape index (κ1) is 10.0. The number of cyclic esters (lactones) is 1. The molecule has 0 spiro atoms. The average molecular weight is 209 g/mol. The molecule has 2 heterocycles. The predicted octanol–water partition coefficient (Wildman–Crippen LogP) is 1.24. The smallest absolute Gasteiger partial charge is 0.410 e. The van der Waals surface area contributed by atoms with E-state index >= 15 is 0 Å². The molecular weight excluding hydrogens is 194 g/mol. The maximum absolute atomic E-state index is 11.4. The summed E-state index contributed by atoms with van der Waals surface area (Å²) in [4.78, 5) is 17.2. The van der Waals surface area contributed by atoms with Crippen molar-refractivity contribution in [2.75, 3.05) is 7.05 Å². The number of ether oxygens (including phenoxy) is 1. The Labute approximate surface area is 88.7 Å². The summed E-state index contributed by atoms with van der Waals surface area (Å²) in [5.74, 6) is 0.803. The number of imidazole rings is 1. The van der Waals surface area contributed by atoms with E-state index in [0.29, 0.717) is 0 Å². The summed E-state index contributed by atoms with van der Waals surface area (Å²) in [5, 5.41) is 0. The molecule has 2 atom stereocenters. The van der Waals surface area contributed by atoms with Gasteiger partial charge in [-0.15, -0.1) is 0 Å². The zero-order valence-corrected chi connectivity index (χ0v) is 9.39. The first-order valence-corrected chi connectivity index (χ1v) is 4.94. The summed E-state index contributed by atoms with van der Waals surface area (Å²) in [6, 6.07) is 0.0259. The fourth-order valence-electron chi connectivity index (χ4n) is 1.71. The molecular formula is C10H15N3O2. The van der Waals surface area contributed by atoms with Gasteiger partial charge >= 0.3 is 6.09 Å². The minimum Gasteiger partial charge on any atom is -0.436 e. The van der Waals surface area contributed by atoms with E-state index in [1.165, 1.54) is 0 Å². The molecule has 1 fully saturated rings. The van der Waals surface area contributed by atoms with Crippen molar-refractivity contribution in [1.29, 1.82) is 0 Å². The normalized spacial score (nSPS) is 25.9. The Morgan fingerprint density at radius 1 is 1.47 bits per heavy atom. The molecule has 5 heteroatoms. The summed E-state index contributed by atoms with van der Waals surface area (Å²) in [6.45, 7) is 3.93. The Bertz CT molecular complexity index is 399. The van der Waals surface area contributed by atoms with Crippen molar-refractivity contribution in [2.45, 2.75) is 26.0 Å². The van der Waals surface area contributed by atoms with Crippen LogP contribution in [0.5, 0.6) is 0 Å². The SMILES string of the molecule is Cc1cnc([C@H]2OC(=O)N(C)[C@H]2C)n1C. The molecule has 0 saturated carbocycles. The highest BCUT2D eigenvalue weighted by molar-refractivity contribution is 5.70. The quantitative estimate of drug-likeness (QED) is 0.699.